The van der Waals surface area contributed by atoms with Gasteiger partial charge in [-0.1, -0.05) is 12.1 Å². The minimum atomic E-state index is 0.414. The highest BCUT2D eigenvalue weighted by Gasteiger charge is 2.01. The number of benzene rings is 1. The van der Waals surface area contributed by atoms with Crippen LogP contribution in [0.4, 0.5) is 0 Å². The van der Waals surface area contributed by atoms with E-state index in [9.17, 15) is 0 Å². The molecule has 0 spiro atoms. The summed E-state index contributed by atoms with van der Waals surface area (Å²) in [5.74, 6) is 0.808. The summed E-state index contributed by atoms with van der Waals surface area (Å²) >= 11 is 0. The normalized spacial score (nSPS) is 9.93. The molecular weight excluding hydrogens is 176 g/mol. The van der Waals surface area contributed by atoms with Crippen molar-refractivity contribution in [3.05, 3.63) is 30.5 Å². The molecule has 70 valence electrons. The van der Waals surface area contributed by atoms with Crippen molar-refractivity contribution in [3.63, 3.8) is 0 Å². The highest BCUT2D eigenvalue weighted by Crippen LogP contribution is 2.23. The number of ether oxygens (including phenoxy) is 1. The fraction of sp³-hybridized carbons (Fsp3) is 0.182. The maximum Gasteiger partial charge on any atom is 0.143 e. The van der Waals surface area contributed by atoms with E-state index in [1.54, 1.807) is 0 Å². The predicted molar refractivity (Wildman–Crippen MR) is 54.0 cm³/mol. The lowest BCUT2D eigenvalue weighted by molar-refractivity contribution is 0.330. The molecule has 0 fully saturated rings. The zero-order chi connectivity index (χ0) is 9.80. The van der Waals surface area contributed by atoms with Crippen LogP contribution in [0.1, 0.15) is 6.42 Å². The van der Waals surface area contributed by atoms with Crippen LogP contribution >= 0.6 is 0 Å². The summed E-state index contributed by atoms with van der Waals surface area (Å²) in [6, 6.07) is 9.90. The van der Waals surface area contributed by atoms with Gasteiger partial charge in [-0.3, -0.25) is 0 Å². The molecule has 1 heterocycles. The second-order valence-corrected chi connectivity index (χ2v) is 2.95. The number of aromatic amines is 1. The maximum atomic E-state index is 8.38. The Hall–Kier alpha value is -1.95. The Labute approximate surface area is 81.9 Å². The van der Waals surface area contributed by atoms with Gasteiger partial charge in [-0.25, -0.2) is 0 Å². The van der Waals surface area contributed by atoms with Gasteiger partial charge in [0, 0.05) is 11.6 Å². The third-order valence-corrected chi connectivity index (χ3v) is 2.02. The quantitative estimate of drug-likeness (QED) is 0.748. The second-order valence-electron chi connectivity index (χ2n) is 2.95. The Kier molecular flexibility index (Phi) is 2.37. The average molecular weight is 186 g/mol. The predicted octanol–water partition coefficient (Wildman–Crippen LogP) is 2.46. The van der Waals surface area contributed by atoms with Crippen molar-refractivity contribution < 1.29 is 4.74 Å². The van der Waals surface area contributed by atoms with Crippen LogP contribution in [0.5, 0.6) is 5.75 Å². The van der Waals surface area contributed by atoms with E-state index in [4.69, 9.17) is 10.00 Å². The topological polar surface area (TPSA) is 48.8 Å². The van der Waals surface area contributed by atoms with Gasteiger partial charge in [0.1, 0.15) is 12.4 Å². The summed E-state index contributed by atoms with van der Waals surface area (Å²) in [7, 11) is 0. The number of hydrogen-bond acceptors (Lipinski definition) is 2. The summed E-state index contributed by atoms with van der Waals surface area (Å²) in [6.45, 7) is 0.439. The first-order chi connectivity index (χ1) is 6.92. The highest BCUT2D eigenvalue weighted by atomic mass is 16.5. The van der Waals surface area contributed by atoms with Crippen LogP contribution in [0.25, 0.3) is 10.9 Å². The molecule has 14 heavy (non-hydrogen) atoms. The number of aromatic nitrogens is 1. The molecule has 3 heteroatoms. The van der Waals surface area contributed by atoms with Gasteiger partial charge in [0.05, 0.1) is 18.0 Å². The SMILES string of the molecule is N#CCCOc1cccc2cc[nH]c12. The summed E-state index contributed by atoms with van der Waals surface area (Å²) in [5, 5.41) is 9.50. The molecule has 0 aliphatic carbocycles. The van der Waals surface area contributed by atoms with E-state index in [0.717, 1.165) is 16.7 Å². The van der Waals surface area contributed by atoms with Crippen molar-refractivity contribution in [2.45, 2.75) is 6.42 Å². The van der Waals surface area contributed by atoms with Crippen LogP contribution in [0.3, 0.4) is 0 Å². The second kappa shape index (κ2) is 3.84. The molecule has 0 bridgehead atoms. The van der Waals surface area contributed by atoms with Crippen molar-refractivity contribution in [1.29, 1.82) is 5.26 Å². The molecule has 0 amide bonds. The van der Waals surface area contributed by atoms with Crippen LogP contribution in [-0.2, 0) is 0 Å². The van der Waals surface area contributed by atoms with Crippen molar-refractivity contribution in [1.82, 2.24) is 4.98 Å². The number of nitriles is 1. The maximum absolute atomic E-state index is 8.38. The van der Waals surface area contributed by atoms with Gasteiger partial charge in [-0.05, 0) is 12.1 Å². The molecule has 1 N–H and O–H groups in total. The van der Waals surface area contributed by atoms with Gasteiger partial charge < -0.3 is 9.72 Å². The summed E-state index contributed by atoms with van der Waals surface area (Å²) in [6.07, 6.45) is 2.29. The Balaban J connectivity index is 2.24. The van der Waals surface area contributed by atoms with E-state index in [1.807, 2.05) is 36.5 Å². The Bertz CT molecular complexity index is 467. The first kappa shape index (κ1) is 8.64. The molecule has 0 unspecified atom stereocenters. The lowest BCUT2D eigenvalue weighted by Gasteiger charge is -2.04. The zero-order valence-corrected chi connectivity index (χ0v) is 7.66. The van der Waals surface area contributed by atoms with Crippen LogP contribution in [-0.4, -0.2) is 11.6 Å². The third kappa shape index (κ3) is 1.55. The Morgan fingerprint density at radius 3 is 3.14 bits per heavy atom. The number of nitrogens with one attached hydrogen (secondary N) is 1. The summed E-state index contributed by atoms with van der Waals surface area (Å²) in [5.41, 5.74) is 0.991. The molecule has 3 nitrogen and oxygen atoms in total. The average Bonchev–Trinajstić information content (AvgIpc) is 2.67. The van der Waals surface area contributed by atoms with E-state index in [1.165, 1.54) is 0 Å². The molecule has 0 aliphatic rings. The molecule has 0 saturated carbocycles. The van der Waals surface area contributed by atoms with E-state index in [0.29, 0.717) is 13.0 Å². The largest absolute Gasteiger partial charge is 0.490 e. The molecular formula is C11H10N2O. The van der Waals surface area contributed by atoms with E-state index < -0.39 is 0 Å². The van der Waals surface area contributed by atoms with E-state index in [2.05, 4.69) is 4.98 Å². The number of hydrogen-bond donors (Lipinski definition) is 1. The van der Waals surface area contributed by atoms with Crippen LogP contribution in [0.15, 0.2) is 30.5 Å². The van der Waals surface area contributed by atoms with Crippen molar-refractivity contribution in [2.24, 2.45) is 0 Å². The number of nitrogens with zero attached hydrogens (tertiary/aromatic N) is 1. The van der Waals surface area contributed by atoms with Gasteiger partial charge >= 0.3 is 0 Å². The standard InChI is InChI=1S/C11H10N2O/c12-6-2-8-14-10-4-1-3-9-5-7-13-11(9)10/h1,3-5,7,13H,2,8H2. The molecule has 0 atom stereocenters. The van der Waals surface area contributed by atoms with Crippen LogP contribution in [0.2, 0.25) is 0 Å². The molecule has 2 rings (SSSR count). The molecule has 1 aromatic heterocycles. The lowest BCUT2D eigenvalue weighted by Crippen LogP contribution is -1.95. The lowest BCUT2D eigenvalue weighted by atomic mass is 10.2. The number of rotatable bonds is 3. The van der Waals surface area contributed by atoms with Gasteiger partial charge in [-0.2, -0.15) is 5.26 Å². The first-order valence-electron chi connectivity index (χ1n) is 4.47. The summed E-state index contributed by atoms with van der Waals surface area (Å²) in [4.78, 5) is 3.11. The first-order valence-corrected chi connectivity index (χ1v) is 4.47. The fourth-order valence-electron chi connectivity index (χ4n) is 1.38. The van der Waals surface area contributed by atoms with Crippen molar-refractivity contribution >= 4 is 10.9 Å². The minimum absolute atomic E-state index is 0.414. The number of H-pyrrole nitrogens is 1. The Morgan fingerprint density at radius 2 is 2.29 bits per heavy atom. The van der Waals surface area contributed by atoms with E-state index in [-0.39, 0.29) is 0 Å². The van der Waals surface area contributed by atoms with Gasteiger partial charge in [0.25, 0.3) is 0 Å². The summed E-state index contributed by atoms with van der Waals surface area (Å²) < 4.78 is 5.46. The molecule has 1 aromatic carbocycles. The minimum Gasteiger partial charge on any atom is -0.490 e. The monoisotopic (exact) mass is 186 g/mol. The molecule has 0 aliphatic heterocycles. The van der Waals surface area contributed by atoms with Crippen LogP contribution < -0.4 is 4.74 Å². The van der Waals surface area contributed by atoms with Crippen molar-refractivity contribution in [2.75, 3.05) is 6.61 Å². The van der Waals surface area contributed by atoms with Gasteiger partial charge in [0.15, 0.2) is 0 Å². The molecule has 0 radical (unpaired) electrons. The van der Waals surface area contributed by atoms with Gasteiger partial charge in [0.2, 0.25) is 0 Å². The van der Waals surface area contributed by atoms with Gasteiger partial charge in [-0.15, -0.1) is 0 Å². The number of fused-ring (bicyclic) bond motifs is 1. The van der Waals surface area contributed by atoms with Crippen molar-refractivity contribution in [3.8, 4) is 11.8 Å². The zero-order valence-electron chi connectivity index (χ0n) is 7.66. The smallest absolute Gasteiger partial charge is 0.143 e. The fourth-order valence-corrected chi connectivity index (χ4v) is 1.38. The molecule has 2 aromatic rings. The molecule has 0 saturated heterocycles. The van der Waals surface area contributed by atoms with Crippen LogP contribution in [0, 0.1) is 11.3 Å². The highest BCUT2D eigenvalue weighted by molar-refractivity contribution is 5.85. The Morgan fingerprint density at radius 1 is 1.36 bits per heavy atom. The third-order valence-electron chi connectivity index (χ3n) is 2.02. The van der Waals surface area contributed by atoms with E-state index >= 15 is 0 Å². The number of para-hydroxylation sites is 1.